The van der Waals surface area contributed by atoms with E-state index in [2.05, 4.69) is 5.32 Å². The predicted molar refractivity (Wildman–Crippen MR) is 52.4 cm³/mol. The third-order valence-electron chi connectivity index (χ3n) is 2.11. The van der Waals surface area contributed by atoms with Crippen LogP contribution in [0.2, 0.25) is 0 Å². The van der Waals surface area contributed by atoms with Crippen LogP contribution in [0.15, 0.2) is 12.1 Å². The van der Waals surface area contributed by atoms with Crippen LogP contribution in [0.25, 0.3) is 0 Å². The van der Waals surface area contributed by atoms with Gasteiger partial charge in [-0.15, -0.1) is 0 Å². The van der Waals surface area contributed by atoms with Crippen LogP contribution < -0.4 is 5.32 Å². The molecule has 1 aromatic rings. The van der Waals surface area contributed by atoms with Gasteiger partial charge < -0.3 is 5.32 Å². The zero-order valence-corrected chi connectivity index (χ0v) is 8.55. The molecule has 4 nitrogen and oxygen atoms in total. The lowest BCUT2D eigenvalue weighted by molar-refractivity contribution is -0.384. The predicted octanol–water partition coefficient (Wildman–Crippen LogP) is 2.96. The topological polar surface area (TPSA) is 55.2 Å². The van der Waals surface area contributed by atoms with E-state index in [1.54, 1.807) is 0 Å². The summed E-state index contributed by atoms with van der Waals surface area (Å²) < 4.78 is 37.5. The molecule has 1 N–H and O–H groups in total. The lowest BCUT2D eigenvalue weighted by Gasteiger charge is -2.12. The molecule has 88 valence electrons. The number of benzene rings is 1. The molecule has 0 amide bonds. The molecule has 0 atom stereocenters. The van der Waals surface area contributed by atoms with E-state index in [1.807, 2.05) is 0 Å². The summed E-state index contributed by atoms with van der Waals surface area (Å²) in [5.41, 5.74) is -1.56. The van der Waals surface area contributed by atoms with Gasteiger partial charge in [0.05, 0.1) is 10.5 Å². The number of nitro benzene ring substituents is 1. The number of hydrogen-bond donors (Lipinski definition) is 1. The first-order valence-electron chi connectivity index (χ1n) is 4.31. The van der Waals surface area contributed by atoms with Crippen molar-refractivity contribution in [3.8, 4) is 0 Å². The van der Waals surface area contributed by atoms with E-state index < -0.39 is 16.7 Å². The first-order chi connectivity index (χ1) is 7.27. The molecule has 16 heavy (non-hydrogen) atoms. The Morgan fingerprint density at radius 3 is 2.31 bits per heavy atom. The van der Waals surface area contributed by atoms with Crippen LogP contribution in [0, 0.1) is 17.0 Å². The first-order valence-corrected chi connectivity index (χ1v) is 4.31. The van der Waals surface area contributed by atoms with Crippen LogP contribution >= 0.6 is 0 Å². The van der Waals surface area contributed by atoms with Gasteiger partial charge in [-0.3, -0.25) is 10.1 Å². The van der Waals surface area contributed by atoms with Gasteiger partial charge in [-0.25, -0.2) is 0 Å². The van der Waals surface area contributed by atoms with Gasteiger partial charge in [0.15, 0.2) is 0 Å². The molecule has 0 unspecified atom stereocenters. The van der Waals surface area contributed by atoms with Crippen molar-refractivity contribution in [1.29, 1.82) is 0 Å². The highest BCUT2D eigenvalue weighted by molar-refractivity contribution is 5.64. The Bertz CT molecular complexity index is 429. The maximum Gasteiger partial charge on any atom is 0.416 e. The molecular weight excluding hydrogens is 225 g/mol. The monoisotopic (exact) mass is 234 g/mol. The van der Waals surface area contributed by atoms with E-state index in [1.165, 1.54) is 14.0 Å². The fourth-order valence-corrected chi connectivity index (χ4v) is 1.35. The molecule has 0 aromatic heterocycles. The summed E-state index contributed by atoms with van der Waals surface area (Å²) in [4.78, 5) is 9.85. The summed E-state index contributed by atoms with van der Waals surface area (Å²) >= 11 is 0. The summed E-state index contributed by atoms with van der Waals surface area (Å²) in [6, 6.07) is 1.65. The number of nitro groups is 1. The van der Waals surface area contributed by atoms with Crippen LogP contribution in [0.1, 0.15) is 11.1 Å². The standard InChI is InChI=1S/C9H9F3N2O2/c1-5-3-8(14(15)16)7(13-2)4-6(5)9(10,11)12/h3-4,13H,1-2H3. The second-order valence-electron chi connectivity index (χ2n) is 3.19. The number of hydrogen-bond acceptors (Lipinski definition) is 3. The average molecular weight is 234 g/mol. The Morgan fingerprint density at radius 1 is 1.38 bits per heavy atom. The molecule has 0 saturated heterocycles. The van der Waals surface area contributed by atoms with E-state index in [0.29, 0.717) is 0 Å². The average Bonchev–Trinajstić information content (AvgIpc) is 2.15. The van der Waals surface area contributed by atoms with Crippen LogP contribution in [-0.2, 0) is 6.18 Å². The van der Waals surface area contributed by atoms with Crippen LogP contribution in [0.3, 0.4) is 0 Å². The number of rotatable bonds is 2. The normalized spacial score (nSPS) is 11.3. The number of nitrogens with one attached hydrogen (secondary N) is 1. The summed E-state index contributed by atoms with van der Waals surface area (Å²) in [7, 11) is 1.33. The maximum absolute atomic E-state index is 12.5. The van der Waals surface area contributed by atoms with Crippen molar-refractivity contribution in [2.24, 2.45) is 0 Å². The van der Waals surface area contributed by atoms with Gasteiger partial charge in [0.25, 0.3) is 5.69 Å². The van der Waals surface area contributed by atoms with Gasteiger partial charge in [-0.1, -0.05) is 0 Å². The molecule has 0 spiro atoms. The lowest BCUT2D eigenvalue weighted by Crippen LogP contribution is -2.09. The van der Waals surface area contributed by atoms with Gasteiger partial charge in [0.2, 0.25) is 0 Å². The Balaban J connectivity index is 3.43. The molecule has 0 fully saturated rings. The minimum absolute atomic E-state index is 0.150. The Labute approximate surface area is 89.2 Å². The third-order valence-corrected chi connectivity index (χ3v) is 2.11. The van der Waals surface area contributed by atoms with Gasteiger partial charge in [0.1, 0.15) is 5.69 Å². The maximum atomic E-state index is 12.5. The fraction of sp³-hybridized carbons (Fsp3) is 0.333. The number of nitrogens with zero attached hydrogens (tertiary/aromatic N) is 1. The number of anilines is 1. The van der Waals surface area contributed by atoms with Crippen LogP contribution in [0.5, 0.6) is 0 Å². The van der Waals surface area contributed by atoms with E-state index in [4.69, 9.17) is 0 Å². The van der Waals surface area contributed by atoms with Gasteiger partial charge in [0, 0.05) is 13.1 Å². The molecular formula is C9H9F3N2O2. The molecule has 0 heterocycles. The minimum atomic E-state index is -4.51. The van der Waals surface area contributed by atoms with Crippen molar-refractivity contribution in [3.63, 3.8) is 0 Å². The Hall–Kier alpha value is -1.79. The van der Waals surface area contributed by atoms with E-state index in [0.717, 1.165) is 12.1 Å². The first kappa shape index (κ1) is 12.3. The van der Waals surface area contributed by atoms with Gasteiger partial charge in [-0.05, 0) is 18.6 Å². The van der Waals surface area contributed by atoms with Gasteiger partial charge >= 0.3 is 6.18 Å². The van der Waals surface area contributed by atoms with Gasteiger partial charge in [-0.2, -0.15) is 13.2 Å². The van der Waals surface area contributed by atoms with Crippen molar-refractivity contribution in [3.05, 3.63) is 33.4 Å². The van der Waals surface area contributed by atoms with E-state index >= 15 is 0 Å². The second-order valence-corrected chi connectivity index (χ2v) is 3.19. The number of halogens is 3. The third kappa shape index (κ3) is 2.23. The highest BCUT2D eigenvalue weighted by atomic mass is 19.4. The van der Waals surface area contributed by atoms with Crippen molar-refractivity contribution in [2.75, 3.05) is 12.4 Å². The highest BCUT2D eigenvalue weighted by Gasteiger charge is 2.34. The molecule has 0 saturated carbocycles. The summed E-state index contributed by atoms with van der Waals surface area (Å²) in [6.07, 6.45) is -4.51. The van der Waals surface area contributed by atoms with Crippen molar-refractivity contribution in [2.45, 2.75) is 13.1 Å². The molecule has 0 bridgehead atoms. The zero-order valence-electron chi connectivity index (χ0n) is 8.55. The molecule has 0 radical (unpaired) electrons. The lowest BCUT2D eigenvalue weighted by atomic mass is 10.1. The smallest absolute Gasteiger partial charge is 0.383 e. The Kier molecular flexibility index (Phi) is 3.06. The molecule has 1 rings (SSSR count). The number of alkyl halides is 3. The van der Waals surface area contributed by atoms with E-state index in [9.17, 15) is 23.3 Å². The molecule has 7 heteroatoms. The van der Waals surface area contributed by atoms with Crippen molar-refractivity contribution < 1.29 is 18.1 Å². The molecule has 0 aliphatic carbocycles. The Morgan fingerprint density at radius 2 is 1.94 bits per heavy atom. The van der Waals surface area contributed by atoms with Crippen molar-refractivity contribution >= 4 is 11.4 Å². The molecule has 0 aliphatic rings. The zero-order chi connectivity index (χ0) is 12.5. The van der Waals surface area contributed by atoms with Crippen molar-refractivity contribution in [1.82, 2.24) is 0 Å². The SMILES string of the molecule is CNc1cc(C(F)(F)F)c(C)cc1[N+](=O)[O-]. The molecule has 1 aromatic carbocycles. The quantitative estimate of drug-likeness (QED) is 0.632. The second kappa shape index (κ2) is 3.99. The minimum Gasteiger partial charge on any atom is -0.383 e. The largest absolute Gasteiger partial charge is 0.416 e. The van der Waals surface area contributed by atoms with E-state index in [-0.39, 0.29) is 16.9 Å². The summed E-state index contributed by atoms with van der Waals surface area (Å²) in [5.74, 6) is 0. The summed E-state index contributed by atoms with van der Waals surface area (Å²) in [5, 5.41) is 13.0. The fourth-order valence-electron chi connectivity index (χ4n) is 1.35. The highest BCUT2D eigenvalue weighted by Crippen LogP contribution is 2.37. The number of aryl methyl sites for hydroxylation is 1. The summed E-state index contributed by atoms with van der Waals surface area (Å²) in [6.45, 7) is 1.19. The van der Waals surface area contributed by atoms with Crippen LogP contribution in [0.4, 0.5) is 24.5 Å². The van der Waals surface area contributed by atoms with Crippen LogP contribution in [-0.4, -0.2) is 12.0 Å². The molecule has 0 aliphatic heterocycles.